The van der Waals surface area contributed by atoms with Gasteiger partial charge in [0.25, 0.3) is 0 Å². The Balaban J connectivity index is 1.62. The Labute approximate surface area is 181 Å². The largest absolute Gasteiger partial charge is 0.493 e. The molecule has 0 spiro atoms. The third kappa shape index (κ3) is 4.22. The number of thiazole rings is 1. The summed E-state index contributed by atoms with van der Waals surface area (Å²) in [5.74, 6) is 1.45. The van der Waals surface area contributed by atoms with E-state index < -0.39 is 0 Å². The number of ether oxygens (including phenoxy) is 2. The number of nitrogens with one attached hydrogen (secondary N) is 1. The van der Waals surface area contributed by atoms with Crippen LogP contribution in [0, 0.1) is 5.92 Å². The van der Waals surface area contributed by atoms with Crippen LogP contribution in [0.25, 0.3) is 0 Å². The summed E-state index contributed by atoms with van der Waals surface area (Å²) in [5.41, 5.74) is 1.92. The molecule has 0 amide bonds. The lowest BCUT2D eigenvalue weighted by Gasteiger charge is -2.27. The smallest absolute Gasteiger partial charge is 0.305 e. The van der Waals surface area contributed by atoms with Gasteiger partial charge in [0.2, 0.25) is 0 Å². The molecule has 2 aromatic carbocycles. The second-order valence-electron chi connectivity index (χ2n) is 6.62. The van der Waals surface area contributed by atoms with E-state index in [2.05, 4.69) is 4.98 Å². The van der Waals surface area contributed by atoms with Gasteiger partial charge >= 0.3 is 4.87 Å². The molecule has 1 N–H and O–H groups in total. The van der Waals surface area contributed by atoms with E-state index in [4.69, 9.17) is 21.1 Å². The molecule has 150 valence electrons. The highest BCUT2D eigenvalue weighted by Gasteiger charge is 2.34. The normalized spacial score (nSPS) is 18.1. The van der Waals surface area contributed by atoms with E-state index in [1.54, 1.807) is 7.11 Å². The van der Waals surface area contributed by atoms with Gasteiger partial charge in [0, 0.05) is 27.5 Å². The van der Waals surface area contributed by atoms with E-state index >= 15 is 0 Å². The topological polar surface area (TPSA) is 68.4 Å². The van der Waals surface area contributed by atoms with E-state index in [0.717, 1.165) is 38.7 Å². The van der Waals surface area contributed by atoms with Crippen LogP contribution < -0.4 is 14.3 Å². The Kier molecular flexibility index (Phi) is 5.99. The first-order chi connectivity index (χ1) is 14.1. The number of carbonyl (C=O) groups excluding carboxylic acids is 1. The number of carbonyl (C=O) groups is 1. The van der Waals surface area contributed by atoms with Crippen LogP contribution in [0.3, 0.4) is 0 Å². The van der Waals surface area contributed by atoms with Gasteiger partial charge in [0.05, 0.1) is 12.1 Å². The Morgan fingerprint density at radius 3 is 2.72 bits per heavy atom. The number of halogens is 1. The Hall–Kier alpha value is -2.22. The number of fused-ring (bicyclic) bond motifs is 1. The molecular formula is C21H18ClNO4S2. The van der Waals surface area contributed by atoms with Crippen molar-refractivity contribution < 1.29 is 14.3 Å². The van der Waals surface area contributed by atoms with Crippen molar-refractivity contribution in [2.75, 3.05) is 12.9 Å². The van der Waals surface area contributed by atoms with Crippen LogP contribution >= 0.6 is 34.7 Å². The van der Waals surface area contributed by atoms with Crippen LogP contribution in [0.5, 0.6) is 11.5 Å². The summed E-state index contributed by atoms with van der Waals surface area (Å²) < 4.78 is 11.5. The third-order valence-corrected chi connectivity index (χ3v) is 7.31. The summed E-state index contributed by atoms with van der Waals surface area (Å²) in [7, 11) is 1.59. The maximum absolute atomic E-state index is 11.9. The highest BCUT2D eigenvalue weighted by atomic mass is 35.5. The van der Waals surface area contributed by atoms with E-state index in [9.17, 15) is 9.59 Å². The second kappa shape index (κ2) is 8.65. The molecule has 1 aromatic heterocycles. The van der Waals surface area contributed by atoms with Crippen molar-refractivity contribution >= 4 is 41.0 Å². The number of aldehydes is 1. The standard InChI is InChI=1S/C21H18ClNO4S2/c1-26-17-8-13(4-7-16(17)27-10-12-2-5-15(22)6-3-12)18-14(9-24)11-28-20-19(18)29-21(25)23-20/h2-9,14,18H,10-11H2,1H3,(H,23,25). The second-order valence-corrected chi connectivity index (χ2v) is 9.10. The van der Waals surface area contributed by atoms with Gasteiger partial charge in [-0.15, -0.1) is 11.8 Å². The van der Waals surface area contributed by atoms with Crippen LogP contribution in [0.15, 0.2) is 52.3 Å². The minimum Gasteiger partial charge on any atom is -0.493 e. The fourth-order valence-corrected chi connectivity index (χ4v) is 5.85. The van der Waals surface area contributed by atoms with Gasteiger partial charge in [0.15, 0.2) is 11.5 Å². The predicted octanol–water partition coefficient (Wildman–Crippen LogP) is 4.73. The molecule has 29 heavy (non-hydrogen) atoms. The SMILES string of the molecule is COc1cc(C2c3sc(=O)[nH]c3SCC2C=O)ccc1OCc1ccc(Cl)cc1. The van der Waals surface area contributed by atoms with Crippen LogP contribution in [0.4, 0.5) is 0 Å². The fraction of sp³-hybridized carbons (Fsp3) is 0.238. The monoisotopic (exact) mass is 447 g/mol. The number of aromatic nitrogens is 1. The lowest BCUT2D eigenvalue weighted by molar-refractivity contribution is -0.110. The van der Waals surface area contributed by atoms with Crippen LogP contribution in [-0.2, 0) is 11.4 Å². The first-order valence-electron chi connectivity index (χ1n) is 8.95. The Bertz CT molecular complexity index is 1080. The van der Waals surface area contributed by atoms with E-state index in [-0.39, 0.29) is 16.7 Å². The Morgan fingerprint density at radius 2 is 2.00 bits per heavy atom. The number of methoxy groups -OCH3 is 1. The minimum absolute atomic E-state index is 0.103. The number of aromatic amines is 1. The molecule has 8 heteroatoms. The van der Waals surface area contributed by atoms with Gasteiger partial charge in [-0.2, -0.15) is 0 Å². The molecule has 1 aliphatic rings. The first-order valence-corrected chi connectivity index (χ1v) is 11.1. The van der Waals surface area contributed by atoms with Crippen molar-refractivity contribution in [3.8, 4) is 11.5 Å². The van der Waals surface area contributed by atoms with Crippen molar-refractivity contribution in [3.63, 3.8) is 0 Å². The van der Waals surface area contributed by atoms with Gasteiger partial charge in [-0.3, -0.25) is 4.79 Å². The highest BCUT2D eigenvalue weighted by Crippen LogP contribution is 2.45. The van der Waals surface area contributed by atoms with Crippen LogP contribution in [0.2, 0.25) is 5.02 Å². The average Bonchev–Trinajstić information content (AvgIpc) is 3.12. The molecule has 5 nitrogen and oxygen atoms in total. The molecule has 0 radical (unpaired) electrons. The lowest BCUT2D eigenvalue weighted by atomic mass is 9.86. The van der Waals surface area contributed by atoms with Crippen molar-refractivity contribution in [2.24, 2.45) is 5.92 Å². The van der Waals surface area contributed by atoms with Gasteiger partial charge in [-0.05, 0) is 35.4 Å². The van der Waals surface area contributed by atoms with E-state index in [1.165, 1.54) is 11.8 Å². The zero-order valence-electron chi connectivity index (χ0n) is 15.5. The summed E-state index contributed by atoms with van der Waals surface area (Å²) >= 11 is 8.60. The molecule has 0 saturated heterocycles. The van der Waals surface area contributed by atoms with Gasteiger partial charge in [-0.25, -0.2) is 0 Å². The molecule has 0 fully saturated rings. The molecular weight excluding hydrogens is 430 g/mol. The molecule has 1 aliphatic heterocycles. The van der Waals surface area contributed by atoms with Crippen molar-refractivity contribution in [1.82, 2.24) is 4.98 Å². The van der Waals surface area contributed by atoms with Gasteiger partial charge in [-0.1, -0.05) is 41.1 Å². The quantitative estimate of drug-likeness (QED) is 0.553. The molecule has 0 saturated carbocycles. The summed E-state index contributed by atoms with van der Waals surface area (Å²) in [5, 5.41) is 1.53. The summed E-state index contributed by atoms with van der Waals surface area (Å²) in [6.45, 7) is 0.382. The Morgan fingerprint density at radius 1 is 1.21 bits per heavy atom. The van der Waals surface area contributed by atoms with Crippen LogP contribution in [-0.4, -0.2) is 24.1 Å². The maximum Gasteiger partial charge on any atom is 0.305 e. The zero-order valence-corrected chi connectivity index (χ0v) is 17.9. The van der Waals surface area contributed by atoms with E-state index in [1.807, 2.05) is 42.5 Å². The highest BCUT2D eigenvalue weighted by molar-refractivity contribution is 7.99. The molecule has 2 heterocycles. The molecule has 4 rings (SSSR count). The predicted molar refractivity (Wildman–Crippen MR) is 116 cm³/mol. The van der Waals surface area contributed by atoms with Crippen molar-refractivity contribution in [3.05, 3.63) is 73.2 Å². The first kappa shape index (κ1) is 20.1. The number of rotatable bonds is 6. The third-order valence-electron chi connectivity index (χ3n) is 4.80. The number of thioether (sulfide) groups is 1. The average molecular weight is 448 g/mol. The van der Waals surface area contributed by atoms with Gasteiger partial charge in [0.1, 0.15) is 12.9 Å². The summed E-state index contributed by atoms with van der Waals surface area (Å²) in [4.78, 5) is 27.2. The molecule has 0 aliphatic carbocycles. The van der Waals surface area contributed by atoms with Crippen molar-refractivity contribution in [2.45, 2.75) is 17.6 Å². The van der Waals surface area contributed by atoms with E-state index in [0.29, 0.717) is 28.9 Å². The van der Waals surface area contributed by atoms with Gasteiger partial charge < -0.3 is 19.3 Å². The molecule has 2 atom stereocenters. The number of hydrogen-bond acceptors (Lipinski definition) is 6. The minimum atomic E-state index is -0.204. The number of hydrogen-bond donors (Lipinski definition) is 1. The zero-order chi connectivity index (χ0) is 20.4. The number of H-pyrrole nitrogens is 1. The molecule has 3 aromatic rings. The fourth-order valence-electron chi connectivity index (χ4n) is 3.36. The maximum atomic E-state index is 11.9. The summed E-state index contributed by atoms with van der Waals surface area (Å²) in [6.07, 6.45) is 0.974. The molecule has 0 bridgehead atoms. The number of benzene rings is 2. The van der Waals surface area contributed by atoms with Crippen molar-refractivity contribution in [1.29, 1.82) is 0 Å². The summed E-state index contributed by atoms with van der Waals surface area (Å²) in [6, 6.07) is 13.1. The van der Waals surface area contributed by atoms with Crippen LogP contribution in [0.1, 0.15) is 21.9 Å². The lowest BCUT2D eigenvalue weighted by Crippen LogP contribution is -2.21. The molecule has 2 unspecified atom stereocenters.